The van der Waals surface area contributed by atoms with Crippen LogP contribution in [0.1, 0.15) is 32.3 Å². The zero-order valence-corrected chi connectivity index (χ0v) is 19.3. The van der Waals surface area contributed by atoms with E-state index in [4.69, 9.17) is 9.47 Å². The van der Waals surface area contributed by atoms with E-state index in [0.29, 0.717) is 19.1 Å². The molecule has 28 heavy (non-hydrogen) atoms. The first kappa shape index (κ1) is 24.3. The van der Waals surface area contributed by atoms with Gasteiger partial charge in [0.15, 0.2) is 5.96 Å². The number of carbonyl (C=O) groups excluding carboxylic acids is 1. The number of amides is 1. The van der Waals surface area contributed by atoms with Crippen LogP contribution in [0.25, 0.3) is 0 Å². The van der Waals surface area contributed by atoms with Crippen LogP contribution in [0.3, 0.4) is 0 Å². The fraction of sp³-hybridized carbons (Fsp3) is 0.600. The van der Waals surface area contributed by atoms with Crippen LogP contribution in [0.2, 0.25) is 0 Å². The molecule has 1 aliphatic rings. The summed E-state index contributed by atoms with van der Waals surface area (Å²) in [6, 6.07) is 8.10. The molecule has 0 aliphatic heterocycles. The maximum absolute atomic E-state index is 11.7. The van der Waals surface area contributed by atoms with Crippen molar-refractivity contribution in [2.75, 3.05) is 33.4 Å². The number of aliphatic imine (C=N–C) groups is 1. The molecule has 1 aliphatic carbocycles. The largest absolute Gasteiger partial charge is 0.497 e. The van der Waals surface area contributed by atoms with E-state index in [2.05, 4.69) is 33.1 Å². The first-order valence-corrected chi connectivity index (χ1v) is 9.74. The first-order valence-electron chi connectivity index (χ1n) is 9.74. The van der Waals surface area contributed by atoms with Gasteiger partial charge < -0.3 is 25.4 Å². The molecule has 0 spiro atoms. The summed E-state index contributed by atoms with van der Waals surface area (Å²) < 4.78 is 10.2. The molecule has 1 unspecified atom stereocenters. The Hall–Kier alpha value is -1.71. The maximum atomic E-state index is 11.7. The van der Waals surface area contributed by atoms with Crippen LogP contribution in [0.15, 0.2) is 29.3 Å². The SMILES string of the molecule is CCNC(=NCC(NC(=O)OCC)C1CC1)NCCc1ccc(OC)cc1.I. The van der Waals surface area contributed by atoms with Crippen LogP contribution in [-0.2, 0) is 11.2 Å². The summed E-state index contributed by atoms with van der Waals surface area (Å²) in [5.41, 5.74) is 1.24. The summed E-state index contributed by atoms with van der Waals surface area (Å²) in [5, 5.41) is 9.54. The average molecular weight is 504 g/mol. The van der Waals surface area contributed by atoms with Gasteiger partial charge in [-0.2, -0.15) is 0 Å². The molecule has 1 aromatic rings. The van der Waals surface area contributed by atoms with Crippen molar-refractivity contribution >= 4 is 36.0 Å². The van der Waals surface area contributed by atoms with Gasteiger partial charge in [-0.1, -0.05) is 12.1 Å². The zero-order valence-electron chi connectivity index (χ0n) is 17.0. The zero-order chi connectivity index (χ0) is 19.5. The third-order valence-electron chi connectivity index (χ3n) is 4.43. The van der Waals surface area contributed by atoms with E-state index in [1.807, 2.05) is 19.1 Å². The summed E-state index contributed by atoms with van der Waals surface area (Å²) in [6.45, 7) is 6.32. The Balaban J connectivity index is 0.00000392. The molecule has 8 heteroatoms. The number of ether oxygens (including phenoxy) is 2. The summed E-state index contributed by atoms with van der Waals surface area (Å²) in [5.74, 6) is 2.13. The molecule has 7 nitrogen and oxygen atoms in total. The van der Waals surface area contributed by atoms with E-state index < -0.39 is 0 Å². The second-order valence-electron chi connectivity index (χ2n) is 6.55. The fourth-order valence-corrected chi connectivity index (χ4v) is 2.78. The number of nitrogens with one attached hydrogen (secondary N) is 3. The lowest BCUT2D eigenvalue weighted by Crippen LogP contribution is -2.42. The van der Waals surface area contributed by atoms with E-state index in [-0.39, 0.29) is 36.1 Å². The van der Waals surface area contributed by atoms with Crippen LogP contribution in [0, 0.1) is 5.92 Å². The molecular formula is C20H33IN4O3. The molecule has 0 radical (unpaired) electrons. The number of halogens is 1. The van der Waals surface area contributed by atoms with Crippen LogP contribution in [-0.4, -0.2) is 51.4 Å². The molecule has 1 aromatic carbocycles. The molecule has 1 saturated carbocycles. The van der Waals surface area contributed by atoms with Gasteiger partial charge in [-0.05, 0) is 56.7 Å². The normalized spacial score (nSPS) is 14.5. The van der Waals surface area contributed by atoms with Crippen molar-refractivity contribution in [3.05, 3.63) is 29.8 Å². The van der Waals surface area contributed by atoms with Gasteiger partial charge in [0.25, 0.3) is 0 Å². The van der Waals surface area contributed by atoms with E-state index in [1.54, 1.807) is 14.0 Å². The number of nitrogens with zero attached hydrogens (tertiary/aromatic N) is 1. The molecule has 3 N–H and O–H groups in total. The topological polar surface area (TPSA) is 84.0 Å². The predicted octanol–water partition coefficient (Wildman–Crippen LogP) is 2.94. The van der Waals surface area contributed by atoms with Crippen LogP contribution in [0.4, 0.5) is 4.79 Å². The molecule has 0 aromatic heterocycles. The number of rotatable bonds is 10. The highest BCUT2D eigenvalue weighted by Crippen LogP contribution is 2.32. The predicted molar refractivity (Wildman–Crippen MR) is 123 cm³/mol. The van der Waals surface area contributed by atoms with Crippen molar-refractivity contribution < 1.29 is 14.3 Å². The highest BCUT2D eigenvalue weighted by Gasteiger charge is 2.32. The lowest BCUT2D eigenvalue weighted by molar-refractivity contribution is 0.147. The van der Waals surface area contributed by atoms with E-state index in [0.717, 1.165) is 44.1 Å². The van der Waals surface area contributed by atoms with Gasteiger partial charge in [0.2, 0.25) is 0 Å². The maximum Gasteiger partial charge on any atom is 0.407 e. The van der Waals surface area contributed by atoms with E-state index >= 15 is 0 Å². The highest BCUT2D eigenvalue weighted by molar-refractivity contribution is 14.0. The van der Waals surface area contributed by atoms with Gasteiger partial charge >= 0.3 is 6.09 Å². The minimum atomic E-state index is -0.359. The van der Waals surface area contributed by atoms with Crippen molar-refractivity contribution in [2.45, 2.75) is 39.2 Å². The van der Waals surface area contributed by atoms with E-state index in [9.17, 15) is 4.79 Å². The molecule has 158 valence electrons. The molecule has 0 bridgehead atoms. The molecule has 0 heterocycles. The number of guanidine groups is 1. The van der Waals surface area contributed by atoms with Gasteiger partial charge in [0.05, 0.1) is 26.3 Å². The van der Waals surface area contributed by atoms with Crippen LogP contribution in [0.5, 0.6) is 5.75 Å². The summed E-state index contributed by atoms with van der Waals surface area (Å²) >= 11 is 0. The van der Waals surface area contributed by atoms with Crippen LogP contribution >= 0.6 is 24.0 Å². The Morgan fingerprint density at radius 2 is 1.93 bits per heavy atom. The van der Waals surface area contributed by atoms with Gasteiger partial charge in [0.1, 0.15) is 5.75 Å². The molecule has 2 rings (SSSR count). The van der Waals surface area contributed by atoms with Crippen LogP contribution < -0.4 is 20.7 Å². The summed E-state index contributed by atoms with van der Waals surface area (Å²) in [6.07, 6.45) is 2.80. The Bertz CT molecular complexity index is 606. The monoisotopic (exact) mass is 504 g/mol. The number of hydrogen-bond acceptors (Lipinski definition) is 4. The quantitative estimate of drug-likeness (QED) is 0.259. The van der Waals surface area contributed by atoms with Crippen molar-refractivity contribution in [3.8, 4) is 5.75 Å². The first-order chi connectivity index (χ1) is 13.2. The lowest BCUT2D eigenvalue weighted by atomic mass is 10.1. The Kier molecular flexibility index (Phi) is 11.7. The third-order valence-corrected chi connectivity index (χ3v) is 4.43. The van der Waals surface area contributed by atoms with Crippen molar-refractivity contribution in [3.63, 3.8) is 0 Å². The lowest BCUT2D eigenvalue weighted by Gasteiger charge is -2.17. The molecule has 1 amide bonds. The van der Waals surface area contributed by atoms with Gasteiger partial charge in [-0.25, -0.2) is 4.79 Å². The van der Waals surface area contributed by atoms with Gasteiger partial charge in [0, 0.05) is 13.1 Å². The highest BCUT2D eigenvalue weighted by atomic mass is 127. The summed E-state index contributed by atoms with van der Waals surface area (Å²) in [7, 11) is 1.67. The second-order valence-corrected chi connectivity index (χ2v) is 6.55. The number of methoxy groups -OCH3 is 1. The van der Waals surface area contributed by atoms with Gasteiger partial charge in [-0.15, -0.1) is 24.0 Å². The standard InChI is InChI=1S/C20H32N4O3.HI/c1-4-21-19(22-13-12-15-6-10-17(26-3)11-7-15)23-14-18(16-8-9-16)24-20(25)27-5-2;/h6-7,10-11,16,18H,4-5,8-9,12-14H2,1-3H3,(H,24,25)(H2,21,22,23);1H. The number of carbonyl (C=O) groups is 1. The molecule has 1 atom stereocenters. The Morgan fingerprint density at radius 3 is 2.50 bits per heavy atom. The Labute approximate surface area is 185 Å². The fourth-order valence-electron chi connectivity index (χ4n) is 2.78. The van der Waals surface area contributed by atoms with Gasteiger partial charge in [-0.3, -0.25) is 4.99 Å². The van der Waals surface area contributed by atoms with Crippen molar-refractivity contribution in [1.82, 2.24) is 16.0 Å². The minimum absolute atomic E-state index is 0. The average Bonchev–Trinajstić information content (AvgIpc) is 3.51. The molecular weight excluding hydrogens is 471 g/mol. The van der Waals surface area contributed by atoms with Crippen molar-refractivity contribution in [2.24, 2.45) is 10.9 Å². The smallest absolute Gasteiger partial charge is 0.407 e. The number of alkyl carbamates (subject to hydrolysis) is 1. The second kappa shape index (κ2) is 13.5. The molecule has 1 fully saturated rings. The number of benzene rings is 1. The number of hydrogen-bond donors (Lipinski definition) is 3. The minimum Gasteiger partial charge on any atom is -0.497 e. The third kappa shape index (κ3) is 8.99. The summed E-state index contributed by atoms with van der Waals surface area (Å²) in [4.78, 5) is 16.4. The Morgan fingerprint density at radius 1 is 1.21 bits per heavy atom. The van der Waals surface area contributed by atoms with E-state index in [1.165, 1.54) is 5.56 Å². The molecule has 0 saturated heterocycles. The van der Waals surface area contributed by atoms with Crippen molar-refractivity contribution in [1.29, 1.82) is 0 Å².